The minimum Gasteiger partial charge on any atom is -0.328 e. The smallest absolute Gasteiger partial charge is 0.0223 e. The lowest BCUT2D eigenvalue weighted by Crippen LogP contribution is -2.38. The van der Waals surface area contributed by atoms with Crippen LogP contribution in [0.4, 0.5) is 0 Å². The number of rotatable bonds is 6. The summed E-state index contributed by atoms with van der Waals surface area (Å²) in [4.78, 5) is 5.36. The maximum Gasteiger partial charge on any atom is 0.0223 e. The molecule has 2 aliphatic heterocycles. The fourth-order valence-corrected chi connectivity index (χ4v) is 3.87. The number of nitrogens with zero attached hydrogens (tertiary/aromatic N) is 2. The molecule has 2 aliphatic rings. The van der Waals surface area contributed by atoms with Gasteiger partial charge < -0.3 is 10.6 Å². The molecule has 2 bridgehead atoms. The van der Waals surface area contributed by atoms with Gasteiger partial charge in [-0.1, -0.05) is 13.3 Å². The van der Waals surface area contributed by atoms with Gasteiger partial charge in [0.25, 0.3) is 0 Å². The molecule has 0 amide bonds. The zero-order valence-electron chi connectivity index (χ0n) is 13.1. The summed E-state index contributed by atoms with van der Waals surface area (Å²) in [6.45, 7) is 8.42. The highest BCUT2D eigenvalue weighted by molar-refractivity contribution is 4.91. The maximum absolute atomic E-state index is 5.82. The Kier molecular flexibility index (Phi) is 5.67. The average Bonchev–Trinajstić information content (AvgIpc) is 2.57. The molecule has 0 saturated carbocycles. The molecule has 0 aromatic carbocycles. The molecule has 2 fully saturated rings. The van der Waals surface area contributed by atoms with E-state index in [9.17, 15) is 0 Å². The number of likely N-dealkylation sites (tertiary alicyclic amines) is 1. The lowest BCUT2D eigenvalue weighted by Gasteiger charge is -2.28. The first-order chi connectivity index (χ1) is 9.06. The van der Waals surface area contributed by atoms with Crippen molar-refractivity contribution in [2.24, 2.45) is 11.7 Å². The molecule has 0 aliphatic carbocycles. The van der Waals surface area contributed by atoms with Gasteiger partial charge in [-0.15, -0.1) is 0 Å². The SMILES string of the molecule is CC(N)CCCC(C)CN1CCC2CCC(C1)N2C. The predicted molar refractivity (Wildman–Crippen MR) is 82.3 cm³/mol. The summed E-state index contributed by atoms with van der Waals surface area (Å²) in [5.41, 5.74) is 5.82. The van der Waals surface area contributed by atoms with E-state index in [4.69, 9.17) is 5.73 Å². The second-order valence-corrected chi connectivity index (χ2v) is 7.11. The molecular weight excluding hydrogens is 234 g/mol. The molecule has 2 rings (SSSR count). The van der Waals surface area contributed by atoms with Crippen molar-refractivity contribution in [2.75, 3.05) is 26.7 Å². The molecule has 112 valence electrons. The first-order valence-corrected chi connectivity index (χ1v) is 8.26. The Morgan fingerprint density at radius 1 is 1.11 bits per heavy atom. The normalized spacial score (nSPS) is 32.2. The molecule has 4 unspecified atom stereocenters. The Balaban J connectivity index is 1.70. The van der Waals surface area contributed by atoms with Crippen LogP contribution in [0.2, 0.25) is 0 Å². The van der Waals surface area contributed by atoms with Crippen LogP contribution in [0, 0.1) is 5.92 Å². The standard InChI is InChI=1S/C16H33N3/c1-13(5-4-6-14(2)17)11-19-10-9-15-7-8-16(12-19)18(15)3/h13-16H,4-12,17H2,1-3H3. The van der Waals surface area contributed by atoms with Crippen molar-refractivity contribution in [3.8, 4) is 0 Å². The van der Waals surface area contributed by atoms with Crippen molar-refractivity contribution in [2.45, 2.75) is 70.5 Å². The summed E-state index contributed by atoms with van der Waals surface area (Å²) >= 11 is 0. The summed E-state index contributed by atoms with van der Waals surface area (Å²) in [6, 6.07) is 2.06. The Morgan fingerprint density at radius 2 is 1.84 bits per heavy atom. The molecule has 19 heavy (non-hydrogen) atoms. The van der Waals surface area contributed by atoms with E-state index in [0.717, 1.165) is 18.0 Å². The number of likely N-dealkylation sites (N-methyl/N-ethyl adjacent to an activating group) is 1. The molecule has 2 N–H and O–H groups in total. The van der Waals surface area contributed by atoms with E-state index in [1.807, 2.05) is 0 Å². The van der Waals surface area contributed by atoms with Crippen LogP contribution < -0.4 is 5.73 Å². The van der Waals surface area contributed by atoms with Gasteiger partial charge >= 0.3 is 0 Å². The topological polar surface area (TPSA) is 32.5 Å². The molecule has 0 spiro atoms. The lowest BCUT2D eigenvalue weighted by molar-refractivity contribution is 0.197. The van der Waals surface area contributed by atoms with Gasteiger partial charge in [0.05, 0.1) is 0 Å². The van der Waals surface area contributed by atoms with Gasteiger partial charge in [0, 0.05) is 31.2 Å². The van der Waals surface area contributed by atoms with Crippen LogP contribution in [0.25, 0.3) is 0 Å². The van der Waals surface area contributed by atoms with Crippen LogP contribution in [-0.2, 0) is 0 Å². The summed E-state index contributed by atoms with van der Waals surface area (Å²) in [6.07, 6.45) is 8.02. The van der Waals surface area contributed by atoms with Crippen molar-refractivity contribution in [1.82, 2.24) is 9.80 Å². The van der Waals surface area contributed by atoms with Crippen molar-refractivity contribution >= 4 is 0 Å². The summed E-state index contributed by atoms with van der Waals surface area (Å²) in [5.74, 6) is 0.820. The van der Waals surface area contributed by atoms with Gasteiger partial charge in [-0.3, -0.25) is 4.90 Å². The molecule has 4 atom stereocenters. The molecule has 0 radical (unpaired) electrons. The van der Waals surface area contributed by atoms with Crippen LogP contribution in [0.3, 0.4) is 0 Å². The summed E-state index contributed by atoms with van der Waals surface area (Å²) in [5, 5.41) is 0. The predicted octanol–water partition coefficient (Wildman–Crippen LogP) is 2.31. The largest absolute Gasteiger partial charge is 0.328 e. The zero-order valence-corrected chi connectivity index (χ0v) is 13.1. The van der Waals surface area contributed by atoms with E-state index < -0.39 is 0 Å². The Labute approximate surface area is 119 Å². The van der Waals surface area contributed by atoms with Crippen molar-refractivity contribution in [1.29, 1.82) is 0 Å². The molecule has 0 aromatic heterocycles. The Morgan fingerprint density at radius 3 is 2.58 bits per heavy atom. The van der Waals surface area contributed by atoms with Crippen LogP contribution >= 0.6 is 0 Å². The number of hydrogen-bond donors (Lipinski definition) is 1. The van der Waals surface area contributed by atoms with Gasteiger partial charge in [0.15, 0.2) is 0 Å². The monoisotopic (exact) mass is 267 g/mol. The molecule has 2 saturated heterocycles. The number of nitrogens with two attached hydrogens (primary N) is 1. The summed E-state index contributed by atoms with van der Waals surface area (Å²) < 4.78 is 0. The molecule has 2 heterocycles. The second-order valence-electron chi connectivity index (χ2n) is 7.11. The van der Waals surface area contributed by atoms with Crippen LogP contribution in [-0.4, -0.2) is 54.6 Å². The van der Waals surface area contributed by atoms with E-state index in [1.165, 1.54) is 58.2 Å². The highest BCUT2D eigenvalue weighted by atomic mass is 15.3. The minimum atomic E-state index is 0.370. The van der Waals surface area contributed by atoms with Crippen molar-refractivity contribution < 1.29 is 0 Å². The summed E-state index contributed by atoms with van der Waals surface area (Å²) in [7, 11) is 2.33. The van der Waals surface area contributed by atoms with Crippen molar-refractivity contribution in [3.05, 3.63) is 0 Å². The maximum atomic E-state index is 5.82. The quantitative estimate of drug-likeness (QED) is 0.801. The Bertz CT molecular complexity index is 267. The third kappa shape index (κ3) is 4.44. The lowest BCUT2D eigenvalue weighted by atomic mass is 10.0. The third-order valence-electron chi connectivity index (χ3n) is 5.16. The van der Waals surface area contributed by atoms with Crippen LogP contribution in [0.15, 0.2) is 0 Å². The number of hydrogen-bond acceptors (Lipinski definition) is 3. The van der Waals surface area contributed by atoms with E-state index in [1.54, 1.807) is 0 Å². The Hall–Kier alpha value is -0.120. The van der Waals surface area contributed by atoms with E-state index in [0.29, 0.717) is 6.04 Å². The van der Waals surface area contributed by atoms with Gasteiger partial charge in [-0.05, 0) is 58.5 Å². The van der Waals surface area contributed by atoms with Gasteiger partial charge in [-0.2, -0.15) is 0 Å². The average molecular weight is 267 g/mol. The van der Waals surface area contributed by atoms with E-state index >= 15 is 0 Å². The van der Waals surface area contributed by atoms with E-state index in [2.05, 4.69) is 30.7 Å². The fraction of sp³-hybridized carbons (Fsp3) is 1.00. The molecule has 3 nitrogen and oxygen atoms in total. The van der Waals surface area contributed by atoms with Crippen LogP contribution in [0.5, 0.6) is 0 Å². The van der Waals surface area contributed by atoms with Crippen LogP contribution in [0.1, 0.15) is 52.4 Å². The van der Waals surface area contributed by atoms with E-state index in [-0.39, 0.29) is 0 Å². The number of fused-ring (bicyclic) bond motifs is 2. The zero-order chi connectivity index (χ0) is 13.8. The third-order valence-corrected chi connectivity index (χ3v) is 5.16. The van der Waals surface area contributed by atoms with Gasteiger partial charge in [0.1, 0.15) is 0 Å². The first kappa shape index (κ1) is 15.3. The molecular formula is C16H33N3. The van der Waals surface area contributed by atoms with Crippen molar-refractivity contribution in [3.63, 3.8) is 0 Å². The fourth-order valence-electron chi connectivity index (χ4n) is 3.87. The minimum absolute atomic E-state index is 0.370. The van der Waals surface area contributed by atoms with Gasteiger partial charge in [0.2, 0.25) is 0 Å². The second kappa shape index (κ2) is 7.05. The molecule has 3 heteroatoms. The molecule has 0 aromatic rings. The highest BCUT2D eigenvalue weighted by Gasteiger charge is 2.34. The first-order valence-electron chi connectivity index (χ1n) is 8.26. The highest BCUT2D eigenvalue weighted by Crippen LogP contribution is 2.28. The van der Waals surface area contributed by atoms with Gasteiger partial charge in [-0.25, -0.2) is 0 Å².